The van der Waals surface area contributed by atoms with Gasteiger partial charge in [0, 0.05) is 11.1 Å². The van der Waals surface area contributed by atoms with Crippen LogP contribution in [0.5, 0.6) is 5.75 Å². The first-order valence-electron chi connectivity index (χ1n) is 8.22. The van der Waals surface area contributed by atoms with Crippen LogP contribution in [0.2, 0.25) is 0 Å². The summed E-state index contributed by atoms with van der Waals surface area (Å²) in [5, 5.41) is 0. The van der Waals surface area contributed by atoms with Crippen molar-refractivity contribution in [2.24, 2.45) is 0 Å². The molecule has 0 unspecified atom stereocenters. The minimum Gasteiger partial charge on any atom is -0.483 e. The van der Waals surface area contributed by atoms with Crippen LogP contribution in [-0.4, -0.2) is 8.42 Å². The van der Waals surface area contributed by atoms with Crippen molar-refractivity contribution in [1.29, 1.82) is 0 Å². The highest BCUT2D eigenvalue weighted by Crippen LogP contribution is 2.57. The van der Waals surface area contributed by atoms with Crippen LogP contribution in [0.1, 0.15) is 23.3 Å². The predicted molar refractivity (Wildman–Crippen MR) is 95.1 cm³/mol. The van der Waals surface area contributed by atoms with Crippen molar-refractivity contribution >= 4 is 15.7 Å². The summed E-state index contributed by atoms with van der Waals surface area (Å²) in [5.41, 5.74) is 1.79. The number of rotatable bonds is 2. The second kappa shape index (κ2) is 5.32. The lowest BCUT2D eigenvalue weighted by molar-refractivity contribution is 0.224. The molecule has 0 N–H and O–H groups in total. The molecule has 3 aromatic carbocycles. The van der Waals surface area contributed by atoms with Crippen LogP contribution in [0, 0.1) is 5.82 Å². The van der Waals surface area contributed by atoms with Gasteiger partial charge < -0.3 is 4.74 Å². The fourth-order valence-electron chi connectivity index (χ4n) is 3.77. The summed E-state index contributed by atoms with van der Waals surface area (Å²) in [6.07, 6.45) is -0.559. The zero-order chi connectivity index (χ0) is 17.9. The first-order chi connectivity index (χ1) is 12.6. The summed E-state index contributed by atoms with van der Waals surface area (Å²) in [5.74, 6) is 0.215. The van der Waals surface area contributed by atoms with E-state index in [9.17, 15) is 12.8 Å². The number of anilines is 1. The van der Waals surface area contributed by atoms with Crippen molar-refractivity contribution in [2.75, 3.05) is 4.31 Å². The molecule has 6 heteroatoms. The van der Waals surface area contributed by atoms with E-state index >= 15 is 0 Å². The van der Waals surface area contributed by atoms with E-state index in [0.29, 0.717) is 17.0 Å². The SMILES string of the molecule is O=S(=O)(c1ccccc1)N1c2ccc(F)cc2[C@@H]2Oc3ccccc3[C@@H]21. The van der Waals surface area contributed by atoms with Gasteiger partial charge in [-0.15, -0.1) is 0 Å². The summed E-state index contributed by atoms with van der Waals surface area (Å²) in [4.78, 5) is 0.195. The Balaban J connectivity index is 1.76. The molecule has 0 saturated heterocycles. The van der Waals surface area contributed by atoms with E-state index in [4.69, 9.17) is 4.74 Å². The molecule has 3 aromatic rings. The number of ether oxygens (including phenoxy) is 1. The molecule has 0 spiro atoms. The third kappa shape index (κ3) is 2.02. The largest absolute Gasteiger partial charge is 0.483 e. The third-order valence-electron chi connectivity index (χ3n) is 4.86. The van der Waals surface area contributed by atoms with Gasteiger partial charge in [0.15, 0.2) is 6.10 Å². The summed E-state index contributed by atoms with van der Waals surface area (Å²) in [6.45, 7) is 0. The molecule has 0 aromatic heterocycles. The summed E-state index contributed by atoms with van der Waals surface area (Å²) in [7, 11) is -3.83. The summed E-state index contributed by atoms with van der Waals surface area (Å²) < 4.78 is 48.1. The van der Waals surface area contributed by atoms with E-state index in [1.54, 1.807) is 36.4 Å². The summed E-state index contributed by atoms with van der Waals surface area (Å²) in [6, 6.07) is 19.2. The van der Waals surface area contributed by atoms with Crippen molar-refractivity contribution < 1.29 is 17.5 Å². The zero-order valence-corrected chi connectivity index (χ0v) is 14.4. The van der Waals surface area contributed by atoms with Crippen LogP contribution in [0.25, 0.3) is 0 Å². The number of benzene rings is 3. The number of halogens is 1. The maximum Gasteiger partial charge on any atom is 0.265 e. The molecule has 2 atom stereocenters. The fraction of sp³-hybridized carbons (Fsp3) is 0.100. The Morgan fingerprint density at radius 3 is 2.42 bits per heavy atom. The maximum absolute atomic E-state index is 13.9. The fourth-order valence-corrected chi connectivity index (χ4v) is 5.44. The third-order valence-corrected chi connectivity index (χ3v) is 6.67. The number of hydrogen-bond acceptors (Lipinski definition) is 3. The van der Waals surface area contributed by atoms with Crippen LogP contribution in [0.4, 0.5) is 10.1 Å². The molecule has 2 aliphatic heterocycles. The van der Waals surface area contributed by atoms with Gasteiger partial charge in [0.2, 0.25) is 0 Å². The summed E-state index contributed by atoms with van der Waals surface area (Å²) >= 11 is 0. The van der Waals surface area contributed by atoms with Gasteiger partial charge in [-0.2, -0.15) is 0 Å². The standard InChI is InChI=1S/C20H14FNO3S/c21-13-10-11-17-16(12-13)20-19(15-8-4-5-9-18(15)25-20)22(17)26(23,24)14-6-2-1-3-7-14/h1-12,19-20H/t19-,20-/m0/s1. The quantitative estimate of drug-likeness (QED) is 0.682. The molecule has 130 valence electrons. The minimum absolute atomic E-state index is 0.195. The Labute approximate surface area is 150 Å². The Morgan fingerprint density at radius 2 is 1.62 bits per heavy atom. The molecule has 0 radical (unpaired) electrons. The number of para-hydroxylation sites is 1. The number of nitrogens with zero attached hydrogens (tertiary/aromatic N) is 1. The average Bonchev–Trinajstić information content (AvgIpc) is 3.17. The zero-order valence-electron chi connectivity index (χ0n) is 13.5. The van der Waals surface area contributed by atoms with Gasteiger partial charge >= 0.3 is 0 Å². The molecule has 0 aliphatic carbocycles. The van der Waals surface area contributed by atoms with Gasteiger partial charge in [0.05, 0.1) is 10.6 Å². The highest BCUT2D eigenvalue weighted by Gasteiger charge is 2.51. The monoisotopic (exact) mass is 367 g/mol. The second-order valence-electron chi connectivity index (χ2n) is 6.34. The minimum atomic E-state index is -3.83. The van der Waals surface area contributed by atoms with E-state index in [2.05, 4.69) is 0 Å². The molecule has 5 rings (SSSR count). The Hall–Kier alpha value is -2.86. The average molecular weight is 367 g/mol. The lowest BCUT2D eigenvalue weighted by Gasteiger charge is -2.25. The van der Waals surface area contributed by atoms with E-state index in [1.165, 1.54) is 22.5 Å². The van der Waals surface area contributed by atoms with Crippen molar-refractivity contribution in [3.05, 3.63) is 89.7 Å². The topological polar surface area (TPSA) is 46.6 Å². The highest BCUT2D eigenvalue weighted by atomic mass is 32.2. The highest BCUT2D eigenvalue weighted by molar-refractivity contribution is 7.92. The van der Waals surface area contributed by atoms with Crippen molar-refractivity contribution in [3.63, 3.8) is 0 Å². The maximum atomic E-state index is 13.9. The first-order valence-corrected chi connectivity index (χ1v) is 9.66. The lowest BCUT2D eigenvalue weighted by Crippen LogP contribution is -2.32. The van der Waals surface area contributed by atoms with Crippen LogP contribution in [-0.2, 0) is 10.0 Å². The molecule has 26 heavy (non-hydrogen) atoms. The van der Waals surface area contributed by atoms with Crippen LogP contribution >= 0.6 is 0 Å². The van der Waals surface area contributed by atoms with Gasteiger partial charge in [-0.25, -0.2) is 12.8 Å². The lowest BCUT2D eigenvalue weighted by atomic mass is 10.0. The second-order valence-corrected chi connectivity index (χ2v) is 8.15. The molecular formula is C20H14FNO3S. The molecule has 0 amide bonds. The molecular weight excluding hydrogens is 353 g/mol. The number of hydrogen-bond donors (Lipinski definition) is 0. The van der Waals surface area contributed by atoms with Gasteiger partial charge in [0.25, 0.3) is 10.0 Å². The van der Waals surface area contributed by atoms with Gasteiger partial charge in [-0.1, -0.05) is 36.4 Å². The molecule has 0 saturated carbocycles. The van der Waals surface area contributed by atoms with Crippen LogP contribution in [0.15, 0.2) is 77.7 Å². The van der Waals surface area contributed by atoms with E-state index in [1.807, 2.05) is 18.2 Å². The molecule has 4 nitrogen and oxygen atoms in total. The predicted octanol–water partition coefficient (Wildman–Crippen LogP) is 4.21. The van der Waals surface area contributed by atoms with Gasteiger partial charge in [-0.05, 0) is 36.4 Å². The Kier molecular flexibility index (Phi) is 3.15. The van der Waals surface area contributed by atoms with Crippen molar-refractivity contribution in [2.45, 2.75) is 17.0 Å². The molecule has 0 bridgehead atoms. The number of sulfonamides is 1. The van der Waals surface area contributed by atoms with E-state index < -0.39 is 28.0 Å². The van der Waals surface area contributed by atoms with Crippen LogP contribution < -0.4 is 9.04 Å². The smallest absolute Gasteiger partial charge is 0.265 e. The molecule has 2 aliphatic rings. The van der Waals surface area contributed by atoms with Crippen molar-refractivity contribution in [1.82, 2.24) is 0 Å². The number of fused-ring (bicyclic) bond motifs is 5. The van der Waals surface area contributed by atoms with Crippen LogP contribution in [0.3, 0.4) is 0 Å². The first kappa shape index (κ1) is 15.4. The Morgan fingerprint density at radius 1 is 0.885 bits per heavy atom. The molecule has 0 fully saturated rings. The van der Waals surface area contributed by atoms with Crippen molar-refractivity contribution in [3.8, 4) is 5.75 Å². The Bertz CT molecular complexity index is 1110. The van der Waals surface area contributed by atoms with E-state index in [0.717, 1.165) is 5.56 Å². The van der Waals surface area contributed by atoms with E-state index in [-0.39, 0.29) is 4.90 Å². The van der Waals surface area contributed by atoms with Gasteiger partial charge in [0.1, 0.15) is 17.6 Å². The van der Waals surface area contributed by atoms with Gasteiger partial charge in [-0.3, -0.25) is 4.31 Å². The normalized spacial score (nSPS) is 20.3. The molecule has 2 heterocycles.